The van der Waals surface area contributed by atoms with E-state index in [0.29, 0.717) is 17.9 Å². The van der Waals surface area contributed by atoms with E-state index in [4.69, 9.17) is 11.6 Å². The molecule has 0 amide bonds. The van der Waals surface area contributed by atoms with Crippen LogP contribution in [0.15, 0.2) is 41.4 Å². The van der Waals surface area contributed by atoms with Gasteiger partial charge in [0.1, 0.15) is 4.90 Å². The van der Waals surface area contributed by atoms with Crippen LogP contribution in [0.2, 0.25) is 5.02 Å². The maximum Gasteiger partial charge on any atom is 0.267 e. The van der Waals surface area contributed by atoms with Crippen molar-refractivity contribution >= 4 is 33.1 Å². The highest BCUT2D eigenvalue weighted by molar-refractivity contribution is 7.93. The van der Waals surface area contributed by atoms with E-state index in [2.05, 4.69) is 9.88 Å². The monoisotopic (exact) mass is 349 g/mol. The Kier molecular flexibility index (Phi) is 3.28. The number of pyridine rings is 1. The normalized spacial score (nSPS) is 19.8. The van der Waals surface area contributed by atoms with Gasteiger partial charge in [0.25, 0.3) is 10.0 Å². The lowest BCUT2D eigenvalue weighted by Crippen LogP contribution is -2.46. The minimum absolute atomic E-state index is 0.0990. The maximum absolute atomic E-state index is 13.4. The number of nitrogens with zero attached hydrogens (tertiary/aromatic N) is 3. The third kappa shape index (κ3) is 2.12. The van der Waals surface area contributed by atoms with Gasteiger partial charge in [0, 0.05) is 19.3 Å². The average Bonchev–Trinajstić information content (AvgIpc) is 2.91. The number of hydrogen-bond donors (Lipinski definition) is 0. The summed E-state index contributed by atoms with van der Waals surface area (Å²) in [4.78, 5) is 6.73. The molecular weight excluding hydrogens is 334 g/mol. The molecule has 2 aromatic rings. The molecule has 0 aliphatic carbocycles. The number of aryl methyl sites for hydroxylation is 1. The van der Waals surface area contributed by atoms with Gasteiger partial charge in [-0.3, -0.25) is 0 Å². The Morgan fingerprint density at radius 2 is 2.09 bits per heavy atom. The molecule has 0 spiro atoms. The first-order valence-electron chi connectivity index (χ1n) is 7.49. The van der Waals surface area contributed by atoms with Crippen molar-refractivity contribution < 1.29 is 8.42 Å². The number of hydrogen-bond acceptors (Lipinski definition) is 4. The first kappa shape index (κ1) is 14.8. The quantitative estimate of drug-likeness (QED) is 0.836. The van der Waals surface area contributed by atoms with E-state index >= 15 is 0 Å². The second-order valence-corrected chi connectivity index (χ2v) is 8.08. The fourth-order valence-electron chi connectivity index (χ4n) is 3.48. The van der Waals surface area contributed by atoms with Gasteiger partial charge in [0.2, 0.25) is 0 Å². The van der Waals surface area contributed by atoms with Crippen molar-refractivity contribution in [3.05, 3.63) is 47.1 Å². The second-order valence-electron chi connectivity index (χ2n) is 5.92. The summed E-state index contributed by atoms with van der Waals surface area (Å²) < 4.78 is 28.2. The van der Waals surface area contributed by atoms with Gasteiger partial charge in [0.05, 0.1) is 16.8 Å². The fourth-order valence-corrected chi connectivity index (χ4v) is 5.92. The van der Waals surface area contributed by atoms with E-state index in [-0.39, 0.29) is 16.0 Å². The van der Waals surface area contributed by atoms with Crippen LogP contribution >= 0.6 is 11.6 Å². The van der Waals surface area contributed by atoms with Crippen molar-refractivity contribution in [2.45, 2.75) is 24.3 Å². The minimum Gasteiger partial charge on any atom is -0.366 e. The molecule has 23 heavy (non-hydrogen) atoms. The zero-order chi connectivity index (χ0) is 16.2. The zero-order valence-electron chi connectivity index (χ0n) is 12.6. The van der Waals surface area contributed by atoms with Crippen molar-refractivity contribution in [3.8, 4) is 0 Å². The van der Waals surface area contributed by atoms with E-state index in [0.717, 1.165) is 18.7 Å². The summed E-state index contributed by atoms with van der Waals surface area (Å²) >= 11 is 6.23. The number of fused-ring (bicyclic) bond motifs is 4. The molecule has 0 radical (unpaired) electrons. The van der Waals surface area contributed by atoms with Crippen LogP contribution in [0.3, 0.4) is 0 Å². The van der Waals surface area contributed by atoms with Gasteiger partial charge in [-0.05, 0) is 37.1 Å². The Morgan fingerprint density at radius 1 is 1.26 bits per heavy atom. The highest BCUT2D eigenvalue weighted by atomic mass is 35.5. The first-order valence-corrected chi connectivity index (χ1v) is 9.31. The van der Waals surface area contributed by atoms with Gasteiger partial charge in [-0.1, -0.05) is 23.7 Å². The van der Waals surface area contributed by atoms with E-state index in [9.17, 15) is 8.42 Å². The molecule has 0 N–H and O–H groups in total. The van der Waals surface area contributed by atoms with Gasteiger partial charge in [-0.25, -0.2) is 17.7 Å². The second kappa shape index (κ2) is 5.11. The van der Waals surface area contributed by atoms with Crippen LogP contribution in [0.1, 0.15) is 12.0 Å². The van der Waals surface area contributed by atoms with Crippen LogP contribution in [0.4, 0.5) is 11.5 Å². The lowest BCUT2D eigenvalue weighted by molar-refractivity contribution is 0.576. The Bertz CT molecular complexity index is 864. The van der Waals surface area contributed by atoms with Crippen molar-refractivity contribution in [1.82, 2.24) is 4.98 Å². The molecule has 1 fully saturated rings. The molecule has 2 bridgehead atoms. The first-order chi connectivity index (χ1) is 11.0. The molecule has 1 unspecified atom stereocenters. The lowest BCUT2D eigenvalue weighted by Gasteiger charge is -2.36. The summed E-state index contributed by atoms with van der Waals surface area (Å²) in [5.41, 5.74) is 1.52. The Balaban J connectivity index is 1.94. The number of rotatable bonds is 2. The Hall–Kier alpha value is -1.79. The molecule has 4 rings (SSSR count). The van der Waals surface area contributed by atoms with Crippen molar-refractivity contribution in [2.75, 3.05) is 22.3 Å². The molecule has 1 aromatic carbocycles. The predicted molar refractivity (Wildman–Crippen MR) is 90.7 cm³/mol. The summed E-state index contributed by atoms with van der Waals surface area (Å²) in [5, 5.41) is 0.253. The van der Waals surface area contributed by atoms with Crippen LogP contribution in [0.5, 0.6) is 0 Å². The third-order valence-corrected chi connectivity index (χ3v) is 6.97. The van der Waals surface area contributed by atoms with Crippen LogP contribution in [0, 0.1) is 6.92 Å². The molecule has 2 aliphatic rings. The number of benzene rings is 1. The van der Waals surface area contributed by atoms with E-state index in [1.165, 1.54) is 4.31 Å². The van der Waals surface area contributed by atoms with Crippen molar-refractivity contribution in [1.29, 1.82) is 0 Å². The van der Waals surface area contributed by atoms with E-state index in [1.54, 1.807) is 31.3 Å². The topological polar surface area (TPSA) is 53.5 Å². The van der Waals surface area contributed by atoms with Gasteiger partial charge in [-0.2, -0.15) is 0 Å². The number of anilines is 2. The van der Waals surface area contributed by atoms with E-state index < -0.39 is 10.0 Å². The summed E-state index contributed by atoms with van der Waals surface area (Å²) in [7, 11) is -3.76. The van der Waals surface area contributed by atoms with Gasteiger partial charge >= 0.3 is 0 Å². The van der Waals surface area contributed by atoms with Gasteiger partial charge in [0.15, 0.2) is 5.82 Å². The third-order valence-electron chi connectivity index (χ3n) is 4.49. The smallest absolute Gasteiger partial charge is 0.267 e. The number of sulfonamides is 1. The Morgan fingerprint density at radius 3 is 2.87 bits per heavy atom. The average molecular weight is 350 g/mol. The largest absolute Gasteiger partial charge is 0.366 e. The predicted octanol–water partition coefficient (Wildman–Crippen LogP) is 2.83. The molecule has 7 heteroatoms. The van der Waals surface area contributed by atoms with Gasteiger partial charge in [-0.15, -0.1) is 0 Å². The molecule has 120 valence electrons. The van der Waals surface area contributed by atoms with Crippen molar-refractivity contribution in [2.24, 2.45) is 0 Å². The molecule has 1 atom stereocenters. The standard InChI is InChI=1S/C16H16ClN3O2S/c1-11-4-2-5-13(17)15(11)23(21,22)20-12-7-9-19(10-12)14-6-3-8-18-16(14)20/h2-6,8,12H,7,9-10H2,1H3. The minimum atomic E-state index is -3.76. The maximum atomic E-state index is 13.4. The molecule has 1 saturated heterocycles. The van der Waals surface area contributed by atoms with Gasteiger partial charge < -0.3 is 4.90 Å². The molecule has 0 saturated carbocycles. The van der Waals surface area contributed by atoms with Crippen LogP contribution in [0.25, 0.3) is 0 Å². The SMILES string of the molecule is Cc1cccc(Cl)c1S(=O)(=O)N1c2ncccc2N2CCC1C2. The molecule has 2 aliphatic heterocycles. The molecule has 1 aromatic heterocycles. The highest BCUT2D eigenvalue weighted by Gasteiger charge is 2.44. The summed E-state index contributed by atoms with van der Waals surface area (Å²) in [6.07, 6.45) is 2.42. The van der Waals surface area contributed by atoms with Crippen molar-refractivity contribution in [3.63, 3.8) is 0 Å². The molecular formula is C16H16ClN3O2S. The summed E-state index contributed by atoms with van der Waals surface area (Å²) in [6.45, 7) is 3.31. The van der Waals surface area contributed by atoms with E-state index in [1.807, 2.05) is 12.1 Å². The van der Waals surface area contributed by atoms with Crippen LogP contribution in [-0.4, -0.2) is 32.5 Å². The molecule has 5 nitrogen and oxygen atoms in total. The summed E-state index contributed by atoms with van der Waals surface area (Å²) in [5.74, 6) is 0.501. The Labute approximate surface area is 140 Å². The number of halogens is 1. The highest BCUT2D eigenvalue weighted by Crippen LogP contribution is 2.42. The van der Waals surface area contributed by atoms with Crippen LogP contribution in [-0.2, 0) is 10.0 Å². The number of aromatic nitrogens is 1. The lowest BCUT2D eigenvalue weighted by atomic mass is 10.2. The fraction of sp³-hybridized carbons (Fsp3) is 0.312. The van der Waals surface area contributed by atoms with Crippen LogP contribution < -0.4 is 9.21 Å². The summed E-state index contributed by atoms with van der Waals surface area (Å²) in [6, 6.07) is 8.80. The molecule has 3 heterocycles. The zero-order valence-corrected chi connectivity index (χ0v) is 14.2.